The predicted octanol–water partition coefficient (Wildman–Crippen LogP) is 2.17. The lowest BCUT2D eigenvalue weighted by Crippen LogP contribution is -2.05. The minimum Gasteiger partial charge on any atom is -0.481 e. The highest BCUT2D eigenvalue weighted by atomic mass is 35.5. The normalized spacial score (nSPS) is 10.2. The van der Waals surface area contributed by atoms with Gasteiger partial charge >= 0.3 is 5.97 Å². The van der Waals surface area contributed by atoms with E-state index in [-0.39, 0.29) is 10.7 Å². The van der Waals surface area contributed by atoms with E-state index in [2.05, 4.69) is 4.98 Å². The topological polar surface area (TPSA) is 74.0 Å². The second-order valence-electron chi connectivity index (χ2n) is 2.86. The van der Waals surface area contributed by atoms with Gasteiger partial charge in [-0.2, -0.15) is 5.26 Å². The Morgan fingerprint density at radius 3 is 2.75 bits per heavy atom. The summed E-state index contributed by atoms with van der Waals surface area (Å²) in [6, 6.07) is 2.37. The van der Waals surface area contributed by atoms with Crippen LogP contribution in [-0.4, -0.2) is 16.1 Å². The van der Waals surface area contributed by atoms with Gasteiger partial charge in [-0.1, -0.05) is 11.6 Å². The van der Waals surface area contributed by atoms with Crippen LogP contribution in [0.2, 0.25) is 5.15 Å². The van der Waals surface area contributed by atoms with Gasteiger partial charge in [-0.25, -0.2) is 13.8 Å². The molecule has 0 unspecified atom stereocenters. The van der Waals surface area contributed by atoms with Gasteiger partial charge in [0.05, 0.1) is 12.0 Å². The summed E-state index contributed by atoms with van der Waals surface area (Å²) in [4.78, 5) is 13.8. The van der Waals surface area contributed by atoms with E-state index < -0.39 is 30.1 Å². The smallest absolute Gasteiger partial charge is 0.307 e. The first kappa shape index (κ1) is 12.3. The van der Waals surface area contributed by atoms with Gasteiger partial charge < -0.3 is 5.11 Å². The van der Waals surface area contributed by atoms with Gasteiger partial charge in [-0.3, -0.25) is 4.79 Å². The van der Waals surface area contributed by atoms with E-state index in [0.717, 1.165) is 6.07 Å². The summed E-state index contributed by atoms with van der Waals surface area (Å²) in [7, 11) is 0. The van der Waals surface area contributed by atoms with E-state index in [4.69, 9.17) is 22.0 Å². The molecule has 4 nitrogen and oxygen atoms in total. The Labute approximate surface area is 94.1 Å². The van der Waals surface area contributed by atoms with E-state index in [0.29, 0.717) is 0 Å². The van der Waals surface area contributed by atoms with Crippen LogP contribution in [-0.2, 0) is 11.2 Å². The number of nitrogens with zero attached hydrogens (tertiary/aromatic N) is 2. The molecule has 1 heterocycles. The molecular weight excluding hydrogens is 242 g/mol. The molecule has 1 N–H and O–H groups in total. The summed E-state index contributed by atoms with van der Waals surface area (Å²) in [6.45, 7) is 0. The number of aliphatic carboxylic acids is 1. The highest BCUT2D eigenvalue weighted by molar-refractivity contribution is 6.30. The van der Waals surface area contributed by atoms with E-state index in [1.807, 2.05) is 0 Å². The van der Waals surface area contributed by atoms with Gasteiger partial charge in [0.25, 0.3) is 6.43 Å². The predicted molar refractivity (Wildman–Crippen MR) is 50.3 cm³/mol. The molecule has 0 aliphatic carbocycles. The van der Waals surface area contributed by atoms with Crippen molar-refractivity contribution >= 4 is 17.6 Å². The number of pyridine rings is 1. The Morgan fingerprint density at radius 1 is 1.69 bits per heavy atom. The van der Waals surface area contributed by atoms with Crippen molar-refractivity contribution in [1.82, 2.24) is 4.98 Å². The summed E-state index contributed by atoms with van der Waals surface area (Å²) in [5.41, 5.74) is -1.14. The number of aromatic nitrogens is 1. The number of carboxylic acids is 1. The number of halogens is 3. The average Bonchev–Trinajstić information content (AvgIpc) is 2.19. The molecule has 0 aromatic carbocycles. The Morgan fingerprint density at radius 2 is 2.31 bits per heavy atom. The molecule has 1 aromatic heterocycles. The highest BCUT2D eigenvalue weighted by Crippen LogP contribution is 2.26. The Hall–Kier alpha value is -1.74. The fourth-order valence-electron chi connectivity index (χ4n) is 1.09. The Bertz CT molecular complexity index is 471. The van der Waals surface area contributed by atoms with E-state index in [1.165, 1.54) is 6.07 Å². The lowest BCUT2D eigenvalue weighted by molar-refractivity contribution is -0.136. The molecule has 7 heteroatoms. The molecule has 0 radical (unpaired) electrons. The van der Waals surface area contributed by atoms with Gasteiger partial charge in [0, 0.05) is 5.56 Å². The molecule has 0 spiro atoms. The van der Waals surface area contributed by atoms with Crippen LogP contribution < -0.4 is 0 Å². The number of hydrogen-bond acceptors (Lipinski definition) is 3. The monoisotopic (exact) mass is 246 g/mol. The molecular formula is C9H5ClF2N2O2. The molecule has 16 heavy (non-hydrogen) atoms. The van der Waals surface area contributed by atoms with Crippen molar-refractivity contribution in [2.24, 2.45) is 0 Å². The van der Waals surface area contributed by atoms with Gasteiger partial charge in [-0.05, 0) is 6.07 Å². The third kappa shape index (κ3) is 2.64. The lowest BCUT2D eigenvalue weighted by atomic mass is 10.1. The van der Waals surface area contributed by atoms with Crippen LogP contribution in [0, 0.1) is 11.3 Å². The maximum atomic E-state index is 12.5. The quantitative estimate of drug-likeness (QED) is 0.830. The van der Waals surface area contributed by atoms with Crippen LogP contribution in [0.5, 0.6) is 0 Å². The zero-order valence-corrected chi connectivity index (χ0v) is 8.50. The number of hydrogen-bond donors (Lipinski definition) is 1. The second-order valence-corrected chi connectivity index (χ2v) is 3.22. The van der Waals surface area contributed by atoms with Crippen LogP contribution in [0.4, 0.5) is 8.78 Å². The first-order valence-corrected chi connectivity index (χ1v) is 4.43. The molecule has 84 valence electrons. The largest absolute Gasteiger partial charge is 0.481 e. The van der Waals surface area contributed by atoms with Crippen molar-refractivity contribution in [2.45, 2.75) is 12.8 Å². The number of nitriles is 1. The van der Waals surface area contributed by atoms with Crippen LogP contribution in [0.1, 0.15) is 23.2 Å². The third-order valence-corrected chi connectivity index (χ3v) is 2.09. The maximum absolute atomic E-state index is 12.5. The van der Waals surface area contributed by atoms with Crippen LogP contribution in [0.3, 0.4) is 0 Å². The zero-order chi connectivity index (χ0) is 12.3. The van der Waals surface area contributed by atoms with Gasteiger partial charge in [0.15, 0.2) is 5.69 Å². The van der Waals surface area contributed by atoms with Gasteiger partial charge in [0.1, 0.15) is 11.2 Å². The first-order chi connectivity index (χ1) is 7.45. The molecule has 1 rings (SSSR count). The molecule has 0 aliphatic rings. The molecule has 0 amide bonds. The lowest BCUT2D eigenvalue weighted by Gasteiger charge is -2.06. The number of carboxylic acid groups (broad SMARTS) is 1. The van der Waals surface area contributed by atoms with Crippen LogP contribution in [0.25, 0.3) is 0 Å². The molecule has 0 bridgehead atoms. The summed E-state index contributed by atoms with van der Waals surface area (Å²) in [5, 5.41) is 16.8. The number of carbonyl (C=O) groups is 1. The fraction of sp³-hybridized carbons (Fsp3) is 0.222. The number of rotatable bonds is 3. The maximum Gasteiger partial charge on any atom is 0.307 e. The molecule has 0 aliphatic heterocycles. The van der Waals surface area contributed by atoms with Crippen molar-refractivity contribution in [1.29, 1.82) is 5.26 Å². The minimum absolute atomic E-state index is 0.0385. The molecule has 0 saturated carbocycles. The van der Waals surface area contributed by atoms with E-state index in [1.54, 1.807) is 0 Å². The van der Waals surface area contributed by atoms with E-state index >= 15 is 0 Å². The van der Waals surface area contributed by atoms with Crippen molar-refractivity contribution in [3.05, 3.63) is 28.0 Å². The summed E-state index contributed by atoms with van der Waals surface area (Å²) in [6.07, 6.45) is -3.41. The average molecular weight is 247 g/mol. The minimum atomic E-state index is -2.90. The molecule has 0 saturated heterocycles. The zero-order valence-electron chi connectivity index (χ0n) is 7.75. The summed E-state index contributed by atoms with van der Waals surface area (Å²) < 4.78 is 25.0. The molecule has 0 atom stereocenters. The SMILES string of the molecule is N#Cc1nc(Cl)c(CC(=O)O)cc1C(F)F. The van der Waals surface area contributed by atoms with Crippen molar-refractivity contribution in [3.63, 3.8) is 0 Å². The first-order valence-electron chi connectivity index (χ1n) is 4.05. The van der Waals surface area contributed by atoms with Crippen LogP contribution >= 0.6 is 11.6 Å². The fourth-order valence-corrected chi connectivity index (χ4v) is 1.30. The standard InChI is InChI=1S/C9H5ClF2N2O2/c10-8-4(2-7(15)16)1-5(9(11)12)6(3-13)14-8/h1,9H,2H2,(H,15,16). The van der Waals surface area contributed by atoms with Crippen molar-refractivity contribution in [2.75, 3.05) is 0 Å². The van der Waals surface area contributed by atoms with Gasteiger partial charge in [-0.15, -0.1) is 0 Å². The number of alkyl halides is 2. The summed E-state index contributed by atoms with van der Waals surface area (Å²) >= 11 is 5.56. The van der Waals surface area contributed by atoms with Crippen LogP contribution in [0.15, 0.2) is 6.07 Å². The molecule has 0 fully saturated rings. The summed E-state index contributed by atoms with van der Waals surface area (Å²) in [5.74, 6) is -1.21. The third-order valence-electron chi connectivity index (χ3n) is 1.76. The second kappa shape index (κ2) is 4.86. The van der Waals surface area contributed by atoms with Crippen molar-refractivity contribution in [3.8, 4) is 6.07 Å². The molecule has 1 aromatic rings. The van der Waals surface area contributed by atoms with Gasteiger partial charge in [0.2, 0.25) is 0 Å². The van der Waals surface area contributed by atoms with E-state index in [9.17, 15) is 13.6 Å². The highest BCUT2D eigenvalue weighted by Gasteiger charge is 2.18. The van der Waals surface area contributed by atoms with Crippen molar-refractivity contribution < 1.29 is 18.7 Å². The Balaban J connectivity index is 3.28. The Kier molecular flexibility index (Phi) is 3.74.